The van der Waals surface area contributed by atoms with Crippen LogP contribution in [0.3, 0.4) is 0 Å². The van der Waals surface area contributed by atoms with E-state index in [4.69, 9.17) is 17.3 Å². The first-order valence-electron chi connectivity index (χ1n) is 5.23. The van der Waals surface area contributed by atoms with Gasteiger partial charge in [-0.25, -0.2) is 8.42 Å². The van der Waals surface area contributed by atoms with Gasteiger partial charge in [-0.3, -0.25) is 4.72 Å². The number of anilines is 2. The van der Waals surface area contributed by atoms with Gasteiger partial charge in [-0.15, -0.1) is 0 Å². The number of sulfonamides is 1. The van der Waals surface area contributed by atoms with E-state index in [2.05, 4.69) is 20.7 Å². The number of halogens is 2. The van der Waals surface area contributed by atoms with E-state index in [-0.39, 0.29) is 15.6 Å². The molecule has 0 aliphatic heterocycles. The minimum absolute atomic E-state index is 0.0829. The number of rotatable bonds is 3. The van der Waals surface area contributed by atoms with Gasteiger partial charge in [-0.2, -0.15) is 0 Å². The molecule has 2 aromatic carbocycles. The summed E-state index contributed by atoms with van der Waals surface area (Å²) in [5.74, 6) is 0. The molecule has 3 N–H and O–H groups in total. The van der Waals surface area contributed by atoms with E-state index in [1.54, 1.807) is 30.3 Å². The van der Waals surface area contributed by atoms with Crippen LogP contribution >= 0.6 is 27.5 Å². The van der Waals surface area contributed by atoms with E-state index < -0.39 is 10.0 Å². The third-order valence-corrected chi connectivity index (χ3v) is 4.98. The lowest BCUT2D eigenvalue weighted by atomic mass is 10.3. The molecule has 0 amide bonds. The van der Waals surface area contributed by atoms with Crippen LogP contribution in [-0.4, -0.2) is 8.42 Å². The Bertz CT molecular complexity index is 699. The first-order valence-corrected chi connectivity index (χ1v) is 7.88. The largest absolute Gasteiger partial charge is 0.398 e. The first kappa shape index (κ1) is 14.2. The van der Waals surface area contributed by atoms with Crippen molar-refractivity contribution in [2.75, 3.05) is 10.5 Å². The number of benzene rings is 2. The normalized spacial score (nSPS) is 11.3. The maximum absolute atomic E-state index is 12.3. The van der Waals surface area contributed by atoms with Crippen molar-refractivity contribution < 1.29 is 8.42 Å². The molecule has 0 saturated carbocycles. The Hall–Kier alpha value is -1.24. The van der Waals surface area contributed by atoms with Crippen LogP contribution in [0.2, 0.25) is 5.02 Å². The fraction of sp³-hybridized carbons (Fsp3) is 0. The Morgan fingerprint density at radius 3 is 2.42 bits per heavy atom. The summed E-state index contributed by atoms with van der Waals surface area (Å²) in [4.78, 5) is -0.118. The second-order valence-electron chi connectivity index (χ2n) is 3.74. The molecule has 0 atom stereocenters. The van der Waals surface area contributed by atoms with Crippen LogP contribution in [-0.2, 0) is 10.0 Å². The molecule has 0 spiro atoms. The number of hydrogen-bond donors (Lipinski definition) is 2. The summed E-state index contributed by atoms with van der Waals surface area (Å²) in [5.41, 5.74) is 6.21. The average molecular weight is 362 g/mol. The lowest BCUT2D eigenvalue weighted by Crippen LogP contribution is -2.15. The molecule has 0 saturated heterocycles. The number of para-hydroxylation sites is 1. The van der Waals surface area contributed by atoms with Crippen LogP contribution in [0, 0.1) is 0 Å². The quantitative estimate of drug-likeness (QED) is 0.822. The molecule has 4 nitrogen and oxygen atoms in total. The second-order valence-corrected chi connectivity index (χ2v) is 6.62. The van der Waals surface area contributed by atoms with Crippen molar-refractivity contribution in [1.29, 1.82) is 0 Å². The summed E-state index contributed by atoms with van der Waals surface area (Å²) in [6.45, 7) is 0. The van der Waals surface area contributed by atoms with Crippen molar-refractivity contribution in [3.8, 4) is 0 Å². The molecular weight excluding hydrogens is 352 g/mol. The minimum Gasteiger partial charge on any atom is -0.398 e. The van der Waals surface area contributed by atoms with Gasteiger partial charge in [0.2, 0.25) is 0 Å². The molecule has 0 radical (unpaired) electrons. The molecule has 100 valence electrons. The van der Waals surface area contributed by atoms with Gasteiger partial charge in [0.1, 0.15) is 4.90 Å². The van der Waals surface area contributed by atoms with Gasteiger partial charge in [0.05, 0.1) is 16.4 Å². The van der Waals surface area contributed by atoms with Gasteiger partial charge in [0.15, 0.2) is 0 Å². The molecule has 0 fully saturated rings. The number of nitrogens with one attached hydrogen (secondary N) is 1. The van der Waals surface area contributed by atoms with Crippen molar-refractivity contribution in [3.05, 3.63) is 52.0 Å². The van der Waals surface area contributed by atoms with E-state index >= 15 is 0 Å². The average Bonchev–Trinajstić information content (AvgIpc) is 2.31. The zero-order valence-corrected chi connectivity index (χ0v) is 12.8. The van der Waals surface area contributed by atoms with Gasteiger partial charge >= 0.3 is 0 Å². The molecule has 0 aliphatic rings. The topological polar surface area (TPSA) is 72.2 Å². The third-order valence-electron chi connectivity index (χ3n) is 2.38. The second kappa shape index (κ2) is 5.40. The lowest BCUT2D eigenvalue weighted by molar-refractivity contribution is 0.601. The summed E-state index contributed by atoms with van der Waals surface area (Å²) < 4.78 is 27.7. The van der Waals surface area contributed by atoms with E-state index in [9.17, 15) is 8.42 Å². The molecule has 0 aliphatic carbocycles. The zero-order chi connectivity index (χ0) is 14.0. The highest BCUT2D eigenvalue weighted by molar-refractivity contribution is 9.10. The molecule has 19 heavy (non-hydrogen) atoms. The van der Waals surface area contributed by atoms with Crippen LogP contribution < -0.4 is 10.5 Å². The number of hydrogen-bond acceptors (Lipinski definition) is 3. The number of nitrogens with two attached hydrogens (primary N) is 1. The minimum atomic E-state index is -3.83. The molecule has 0 aromatic heterocycles. The maximum atomic E-state index is 12.3. The number of nitrogen functional groups attached to an aromatic ring is 1. The lowest BCUT2D eigenvalue weighted by Gasteiger charge is -2.12. The Morgan fingerprint density at radius 2 is 1.79 bits per heavy atom. The van der Waals surface area contributed by atoms with Crippen LogP contribution in [0.15, 0.2) is 51.8 Å². The standard InChI is InChI=1S/C12H10BrClN2O2S/c13-8-4-1-2-7-11(8)16-19(17,18)12-9(14)5-3-6-10(12)15/h1-7,16H,15H2. The third kappa shape index (κ3) is 3.02. The van der Waals surface area contributed by atoms with E-state index in [1.807, 2.05) is 0 Å². The monoisotopic (exact) mass is 360 g/mol. The molecule has 0 unspecified atom stereocenters. The molecule has 7 heteroatoms. The van der Waals surface area contributed by atoms with Crippen molar-refractivity contribution in [3.63, 3.8) is 0 Å². The van der Waals surface area contributed by atoms with E-state index in [1.165, 1.54) is 12.1 Å². The van der Waals surface area contributed by atoms with Crippen LogP contribution in [0.25, 0.3) is 0 Å². The van der Waals surface area contributed by atoms with Crippen molar-refractivity contribution in [1.82, 2.24) is 0 Å². The van der Waals surface area contributed by atoms with Crippen LogP contribution in [0.1, 0.15) is 0 Å². The van der Waals surface area contributed by atoms with Crippen molar-refractivity contribution in [2.24, 2.45) is 0 Å². The summed E-state index contributed by atoms with van der Waals surface area (Å²) >= 11 is 9.18. The highest BCUT2D eigenvalue weighted by Crippen LogP contribution is 2.30. The van der Waals surface area contributed by atoms with Gasteiger partial charge in [0, 0.05) is 4.47 Å². The first-order chi connectivity index (χ1) is 8.92. The molecule has 0 bridgehead atoms. The van der Waals surface area contributed by atoms with Crippen molar-refractivity contribution >= 4 is 48.9 Å². The molecule has 0 heterocycles. The van der Waals surface area contributed by atoms with E-state index in [0.29, 0.717) is 10.2 Å². The van der Waals surface area contributed by atoms with E-state index in [0.717, 1.165) is 0 Å². The highest BCUT2D eigenvalue weighted by atomic mass is 79.9. The predicted octanol–water partition coefficient (Wildman–Crippen LogP) is 3.49. The summed E-state index contributed by atoms with van der Waals surface area (Å²) in [6, 6.07) is 11.4. The smallest absolute Gasteiger partial charge is 0.265 e. The zero-order valence-electron chi connectivity index (χ0n) is 9.60. The Morgan fingerprint density at radius 1 is 1.11 bits per heavy atom. The van der Waals surface area contributed by atoms with Crippen molar-refractivity contribution in [2.45, 2.75) is 4.90 Å². The van der Waals surface area contributed by atoms with Gasteiger partial charge < -0.3 is 5.73 Å². The van der Waals surface area contributed by atoms with Crippen LogP contribution in [0.4, 0.5) is 11.4 Å². The van der Waals surface area contributed by atoms with Gasteiger partial charge in [-0.05, 0) is 40.2 Å². The fourth-order valence-corrected chi connectivity index (χ4v) is 3.82. The summed E-state index contributed by atoms with van der Waals surface area (Å²) in [7, 11) is -3.83. The van der Waals surface area contributed by atoms with Gasteiger partial charge in [-0.1, -0.05) is 29.8 Å². The summed E-state index contributed by atoms with van der Waals surface area (Å²) in [6.07, 6.45) is 0. The Labute approximate surface area is 124 Å². The maximum Gasteiger partial charge on any atom is 0.265 e. The fourth-order valence-electron chi connectivity index (χ4n) is 1.55. The Kier molecular flexibility index (Phi) is 4.03. The molecular formula is C12H10BrClN2O2S. The van der Waals surface area contributed by atoms with Crippen LogP contribution in [0.5, 0.6) is 0 Å². The highest BCUT2D eigenvalue weighted by Gasteiger charge is 2.21. The molecule has 2 rings (SSSR count). The Balaban J connectivity index is 2.47. The summed E-state index contributed by atoms with van der Waals surface area (Å²) in [5, 5.41) is 0.0829. The molecule has 2 aromatic rings. The van der Waals surface area contributed by atoms with Gasteiger partial charge in [0.25, 0.3) is 10.0 Å². The predicted molar refractivity (Wildman–Crippen MR) is 80.8 cm³/mol. The SMILES string of the molecule is Nc1cccc(Cl)c1S(=O)(=O)Nc1ccccc1Br.